The molecule has 16 heavy (non-hydrogen) atoms. The summed E-state index contributed by atoms with van der Waals surface area (Å²) in [5.41, 5.74) is 3.35. The molecular formula is C13H8N2S. The summed E-state index contributed by atoms with van der Waals surface area (Å²) >= 11 is 1.78. The van der Waals surface area contributed by atoms with Gasteiger partial charge in [0.25, 0.3) is 0 Å². The number of nitrogens with one attached hydrogen (secondary N) is 1. The van der Waals surface area contributed by atoms with E-state index < -0.39 is 0 Å². The Kier molecular flexibility index (Phi) is 1.47. The van der Waals surface area contributed by atoms with Crippen LogP contribution >= 0.6 is 11.3 Å². The van der Waals surface area contributed by atoms with Gasteiger partial charge in [-0.15, -0.1) is 11.3 Å². The smallest absolute Gasteiger partial charge is 0.0972 e. The van der Waals surface area contributed by atoms with Crippen LogP contribution in [0.4, 0.5) is 0 Å². The topological polar surface area (TPSA) is 28.7 Å². The zero-order chi connectivity index (χ0) is 10.5. The van der Waals surface area contributed by atoms with Crippen LogP contribution in [0.2, 0.25) is 0 Å². The summed E-state index contributed by atoms with van der Waals surface area (Å²) in [5, 5.41) is 4.68. The van der Waals surface area contributed by atoms with Crippen LogP contribution in [0.3, 0.4) is 0 Å². The maximum Gasteiger partial charge on any atom is 0.0972 e. The van der Waals surface area contributed by atoms with Crippen molar-refractivity contribution in [1.82, 2.24) is 9.97 Å². The molecule has 0 bridgehead atoms. The van der Waals surface area contributed by atoms with Crippen molar-refractivity contribution in [2.45, 2.75) is 0 Å². The molecule has 0 saturated heterocycles. The van der Waals surface area contributed by atoms with E-state index in [1.54, 1.807) is 11.3 Å². The lowest BCUT2D eigenvalue weighted by atomic mass is 10.2. The molecule has 0 saturated carbocycles. The van der Waals surface area contributed by atoms with E-state index >= 15 is 0 Å². The summed E-state index contributed by atoms with van der Waals surface area (Å²) < 4.78 is 1.32. The molecule has 0 aliphatic carbocycles. The van der Waals surface area contributed by atoms with Gasteiger partial charge in [0, 0.05) is 21.8 Å². The molecule has 4 rings (SSSR count). The van der Waals surface area contributed by atoms with E-state index in [9.17, 15) is 0 Å². The summed E-state index contributed by atoms with van der Waals surface area (Å²) in [6.07, 6.45) is 1.85. The standard InChI is InChI=1S/C13H8N2S/c1-2-10-12(14-6-1)11-9(15-10)4-3-8-5-7-16-13(8)11/h1-7,15H. The normalized spacial score (nSPS) is 11.8. The molecule has 3 heteroatoms. The predicted molar refractivity (Wildman–Crippen MR) is 69.0 cm³/mol. The second-order valence-electron chi connectivity index (χ2n) is 3.85. The third-order valence-electron chi connectivity index (χ3n) is 2.94. The van der Waals surface area contributed by atoms with Crippen molar-refractivity contribution in [2.75, 3.05) is 0 Å². The summed E-state index contributed by atoms with van der Waals surface area (Å²) in [7, 11) is 0. The molecule has 1 N–H and O–H groups in total. The number of aromatic nitrogens is 2. The molecule has 0 fully saturated rings. The van der Waals surface area contributed by atoms with Gasteiger partial charge in [0.05, 0.1) is 11.0 Å². The third-order valence-corrected chi connectivity index (χ3v) is 3.88. The zero-order valence-electron chi connectivity index (χ0n) is 8.40. The first-order valence-corrected chi connectivity index (χ1v) is 6.04. The van der Waals surface area contributed by atoms with Crippen LogP contribution < -0.4 is 0 Å². The largest absolute Gasteiger partial charge is 0.353 e. The van der Waals surface area contributed by atoms with Crippen molar-refractivity contribution in [2.24, 2.45) is 0 Å². The molecule has 0 aliphatic heterocycles. The fraction of sp³-hybridized carbons (Fsp3) is 0. The summed E-state index contributed by atoms with van der Waals surface area (Å²) in [4.78, 5) is 7.88. The van der Waals surface area contributed by atoms with Gasteiger partial charge in [-0.25, -0.2) is 0 Å². The number of rotatable bonds is 0. The van der Waals surface area contributed by atoms with Crippen LogP contribution in [0.25, 0.3) is 32.0 Å². The number of nitrogens with zero attached hydrogens (tertiary/aromatic N) is 1. The predicted octanol–water partition coefficient (Wildman–Crippen LogP) is 3.93. The Morgan fingerprint density at radius 3 is 3.06 bits per heavy atom. The minimum absolute atomic E-state index is 1.07. The maximum absolute atomic E-state index is 4.47. The number of hydrogen-bond donors (Lipinski definition) is 1. The van der Waals surface area contributed by atoms with Crippen LogP contribution in [0.15, 0.2) is 41.9 Å². The number of benzene rings is 1. The average Bonchev–Trinajstić information content (AvgIpc) is 2.91. The van der Waals surface area contributed by atoms with Crippen molar-refractivity contribution in [3.05, 3.63) is 41.9 Å². The molecule has 1 aromatic carbocycles. The minimum Gasteiger partial charge on any atom is -0.353 e. The first-order valence-electron chi connectivity index (χ1n) is 5.16. The molecule has 3 heterocycles. The fourth-order valence-corrected chi connectivity index (χ4v) is 3.17. The number of thiophene rings is 1. The summed E-state index contributed by atoms with van der Waals surface area (Å²) in [5.74, 6) is 0. The SMILES string of the molecule is c1cnc2c(c1)[nH]c1ccc3ccsc3c12. The Morgan fingerprint density at radius 2 is 2.06 bits per heavy atom. The van der Waals surface area contributed by atoms with Crippen molar-refractivity contribution in [1.29, 1.82) is 0 Å². The molecule has 0 atom stereocenters. The Bertz CT molecular complexity index is 810. The number of fused-ring (bicyclic) bond motifs is 5. The van der Waals surface area contributed by atoms with Crippen LogP contribution in [-0.2, 0) is 0 Å². The van der Waals surface area contributed by atoms with Gasteiger partial charge in [-0.2, -0.15) is 0 Å². The minimum atomic E-state index is 1.07. The molecule has 0 amide bonds. The lowest BCUT2D eigenvalue weighted by Gasteiger charge is -1.92. The average molecular weight is 224 g/mol. The highest BCUT2D eigenvalue weighted by molar-refractivity contribution is 7.18. The molecule has 4 aromatic rings. The van der Waals surface area contributed by atoms with E-state index in [0.29, 0.717) is 0 Å². The molecule has 0 aliphatic rings. The van der Waals surface area contributed by atoms with E-state index in [4.69, 9.17) is 0 Å². The van der Waals surface area contributed by atoms with Gasteiger partial charge in [-0.1, -0.05) is 6.07 Å². The van der Waals surface area contributed by atoms with Gasteiger partial charge < -0.3 is 4.98 Å². The summed E-state index contributed by atoms with van der Waals surface area (Å²) in [6.45, 7) is 0. The molecule has 0 unspecified atom stereocenters. The molecule has 0 spiro atoms. The van der Waals surface area contributed by atoms with Gasteiger partial charge in [0.15, 0.2) is 0 Å². The number of H-pyrrole nitrogens is 1. The van der Waals surface area contributed by atoms with Crippen molar-refractivity contribution < 1.29 is 0 Å². The number of pyridine rings is 1. The lowest BCUT2D eigenvalue weighted by molar-refractivity contribution is 1.42. The zero-order valence-corrected chi connectivity index (χ0v) is 9.21. The van der Waals surface area contributed by atoms with E-state index in [0.717, 1.165) is 11.0 Å². The number of hydrogen-bond acceptors (Lipinski definition) is 2. The summed E-state index contributed by atoms with van der Waals surface area (Å²) in [6, 6.07) is 10.5. The highest BCUT2D eigenvalue weighted by atomic mass is 32.1. The molecular weight excluding hydrogens is 216 g/mol. The quantitative estimate of drug-likeness (QED) is 0.481. The second kappa shape index (κ2) is 2.83. The highest BCUT2D eigenvalue weighted by Crippen LogP contribution is 2.33. The molecule has 0 radical (unpaired) electrons. The van der Waals surface area contributed by atoms with E-state index in [1.165, 1.54) is 21.0 Å². The highest BCUT2D eigenvalue weighted by Gasteiger charge is 2.08. The Balaban J connectivity index is 2.42. The first-order chi connectivity index (χ1) is 7.93. The Labute approximate surface area is 95.5 Å². The Hall–Kier alpha value is -1.87. The van der Waals surface area contributed by atoms with Crippen molar-refractivity contribution in [3.63, 3.8) is 0 Å². The maximum atomic E-state index is 4.47. The monoisotopic (exact) mass is 224 g/mol. The van der Waals surface area contributed by atoms with Crippen LogP contribution in [0, 0.1) is 0 Å². The van der Waals surface area contributed by atoms with E-state index in [2.05, 4.69) is 39.6 Å². The molecule has 2 nitrogen and oxygen atoms in total. The third kappa shape index (κ3) is 0.933. The van der Waals surface area contributed by atoms with Gasteiger partial charge >= 0.3 is 0 Å². The second-order valence-corrected chi connectivity index (χ2v) is 4.77. The van der Waals surface area contributed by atoms with Crippen LogP contribution in [-0.4, -0.2) is 9.97 Å². The van der Waals surface area contributed by atoms with Crippen molar-refractivity contribution in [3.8, 4) is 0 Å². The van der Waals surface area contributed by atoms with Gasteiger partial charge in [-0.05, 0) is 35.0 Å². The van der Waals surface area contributed by atoms with Gasteiger partial charge in [-0.3, -0.25) is 4.98 Å². The molecule has 3 aromatic heterocycles. The van der Waals surface area contributed by atoms with Crippen molar-refractivity contribution >= 4 is 43.4 Å². The Morgan fingerprint density at radius 1 is 1.06 bits per heavy atom. The van der Waals surface area contributed by atoms with Crippen LogP contribution in [0.1, 0.15) is 0 Å². The van der Waals surface area contributed by atoms with Gasteiger partial charge in [0.1, 0.15) is 0 Å². The van der Waals surface area contributed by atoms with Gasteiger partial charge in [0.2, 0.25) is 0 Å². The van der Waals surface area contributed by atoms with Crippen LogP contribution in [0.5, 0.6) is 0 Å². The van der Waals surface area contributed by atoms with E-state index in [1.807, 2.05) is 12.3 Å². The first kappa shape index (κ1) is 8.30. The lowest BCUT2D eigenvalue weighted by Crippen LogP contribution is -1.71. The van der Waals surface area contributed by atoms with E-state index in [-0.39, 0.29) is 0 Å². The fourth-order valence-electron chi connectivity index (χ4n) is 2.22. The molecule has 76 valence electrons. The number of aromatic amines is 1.